The number of benzene rings is 1. The highest BCUT2D eigenvalue weighted by molar-refractivity contribution is 7.86. The summed E-state index contributed by atoms with van der Waals surface area (Å²) < 4.78 is 81.0. The number of halogens is 2. The molecule has 1 aromatic carbocycles. The Hall–Kier alpha value is -1.14. The van der Waals surface area contributed by atoms with Gasteiger partial charge in [-0.1, -0.05) is 0 Å². The van der Waals surface area contributed by atoms with Crippen molar-refractivity contribution in [1.82, 2.24) is 0 Å². The number of hydrogen-bond acceptors (Lipinski definition) is 7. The third-order valence-electron chi connectivity index (χ3n) is 2.88. The molecule has 0 aliphatic carbocycles. The zero-order valence-corrected chi connectivity index (χ0v) is 14.1. The van der Waals surface area contributed by atoms with Crippen molar-refractivity contribution in [2.24, 2.45) is 0 Å². The average molecular weight is 374 g/mol. The molecule has 11 heteroatoms. The minimum Gasteiger partial charge on any atom is -0.380 e. The van der Waals surface area contributed by atoms with Crippen LogP contribution in [0, 0.1) is 11.6 Å². The zero-order valence-electron chi connectivity index (χ0n) is 12.5. The van der Waals surface area contributed by atoms with Gasteiger partial charge in [-0.2, -0.15) is 16.8 Å². The maximum absolute atomic E-state index is 13.9. The number of hydrogen-bond donors (Lipinski definition) is 1. The highest BCUT2D eigenvalue weighted by Crippen LogP contribution is 2.31. The third kappa shape index (κ3) is 5.77. The van der Waals surface area contributed by atoms with Crippen molar-refractivity contribution in [3.63, 3.8) is 0 Å². The van der Waals surface area contributed by atoms with Crippen LogP contribution in [0.4, 0.5) is 8.78 Å². The smallest absolute Gasteiger partial charge is 0.264 e. The molecule has 0 fully saturated rings. The van der Waals surface area contributed by atoms with Gasteiger partial charge in [0.1, 0.15) is 29.9 Å². The molecular weight excluding hydrogens is 358 g/mol. The summed E-state index contributed by atoms with van der Waals surface area (Å²) >= 11 is 0. The van der Waals surface area contributed by atoms with E-state index in [1.165, 1.54) is 0 Å². The first-order chi connectivity index (χ1) is 10.2. The van der Waals surface area contributed by atoms with E-state index in [4.69, 9.17) is 0 Å². The summed E-state index contributed by atoms with van der Waals surface area (Å²) in [6, 6.07) is 2.07. The van der Waals surface area contributed by atoms with Crippen LogP contribution in [-0.4, -0.2) is 47.2 Å². The predicted molar refractivity (Wildman–Crippen MR) is 76.4 cm³/mol. The molecule has 0 heterocycles. The van der Waals surface area contributed by atoms with Gasteiger partial charge in [0.2, 0.25) is 0 Å². The summed E-state index contributed by atoms with van der Waals surface area (Å²) in [7, 11) is -8.12. The summed E-state index contributed by atoms with van der Waals surface area (Å²) in [5.74, 6) is -2.01. The largest absolute Gasteiger partial charge is 0.380 e. The first kappa shape index (κ1) is 19.9. The Morgan fingerprint density at radius 2 is 1.74 bits per heavy atom. The van der Waals surface area contributed by atoms with Crippen molar-refractivity contribution >= 4 is 20.2 Å². The second-order valence-electron chi connectivity index (χ2n) is 4.96. The Bertz CT molecular complexity index is 777. The molecule has 0 radical (unpaired) electrons. The maximum atomic E-state index is 13.9. The Morgan fingerprint density at radius 1 is 1.17 bits per heavy atom. The van der Waals surface area contributed by atoms with Crippen LogP contribution in [0.15, 0.2) is 18.2 Å². The lowest BCUT2D eigenvalue weighted by Gasteiger charge is -2.33. The van der Waals surface area contributed by atoms with Gasteiger partial charge in [-0.25, -0.2) is 8.78 Å². The van der Waals surface area contributed by atoms with E-state index in [1.807, 2.05) is 0 Å². The van der Waals surface area contributed by atoms with E-state index in [0.717, 1.165) is 13.0 Å². The van der Waals surface area contributed by atoms with Crippen LogP contribution in [-0.2, 0) is 34.2 Å². The fourth-order valence-corrected chi connectivity index (χ4v) is 2.86. The molecule has 0 spiro atoms. The van der Waals surface area contributed by atoms with Gasteiger partial charge in [0.05, 0.1) is 12.5 Å². The fourth-order valence-electron chi connectivity index (χ4n) is 1.78. The lowest BCUT2D eigenvalue weighted by molar-refractivity contribution is -0.0854. The molecule has 0 aliphatic heterocycles. The minimum absolute atomic E-state index is 0.600. The molecule has 23 heavy (non-hydrogen) atoms. The van der Waals surface area contributed by atoms with E-state index >= 15 is 0 Å². The van der Waals surface area contributed by atoms with Crippen LogP contribution >= 0.6 is 0 Å². The standard InChI is InChI=1S/C12H16F2O7S2/c1-8(21-23(3,18)19)12(15,7-20-22(2,16)17)10-6-9(13)4-5-11(10)14/h4-6,8,15H,7H2,1-3H3/t8-,12-/m1/s1. The molecule has 0 amide bonds. The van der Waals surface area contributed by atoms with Gasteiger partial charge in [0.15, 0.2) is 0 Å². The molecule has 0 saturated heterocycles. The summed E-state index contributed by atoms with van der Waals surface area (Å²) in [6.45, 7) is -0.0140. The molecule has 1 rings (SSSR count). The predicted octanol–water partition coefficient (Wildman–Crippen LogP) is 0.493. The molecule has 1 aromatic rings. The van der Waals surface area contributed by atoms with Crippen LogP contribution in [0.2, 0.25) is 0 Å². The third-order valence-corrected chi connectivity index (χ3v) is 4.06. The number of rotatable bonds is 7. The highest BCUT2D eigenvalue weighted by Gasteiger charge is 2.42. The highest BCUT2D eigenvalue weighted by atomic mass is 32.2. The second kappa shape index (κ2) is 6.77. The molecule has 7 nitrogen and oxygen atoms in total. The lowest BCUT2D eigenvalue weighted by atomic mass is 9.89. The van der Waals surface area contributed by atoms with E-state index in [0.29, 0.717) is 24.6 Å². The molecule has 0 bridgehead atoms. The van der Waals surface area contributed by atoms with Crippen molar-refractivity contribution in [1.29, 1.82) is 0 Å². The van der Waals surface area contributed by atoms with E-state index in [-0.39, 0.29) is 0 Å². The van der Waals surface area contributed by atoms with Crippen LogP contribution in [0.1, 0.15) is 12.5 Å². The van der Waals surface area contributed by atoms with Crippen molar-refractivity contribution in [2.75, 3.05) is 19.1 Å². The number of aliphatic hydroxyl groups is 1. The Balaban J connectivity index is 3.37. The van der Waals surface area contributed by atoms with Crippen LogP contribution < -0.4 is 0 Å². The van der Waals surface area contributed by atoms with Gasteiger partial charge in [-0.15, -0.1) is 0 Å². The van der Waals surface area contributed by atoms with Crippen molar-refractivity contribution < 1.29 is 39.1 Å². The van der Waals surface area contributed by atoms with Crippen LogP contribution in [0.3, 0.4) is 0 Å². The lowest BCUT2D eigenvalue weighted by Crippen LogP contribution is -2.45. The van der Waals surface area contributed by atoms with E-state index in [2.05, 4.69) is 8.37 Å². The first-order valence-corrected chi connectivity index (χ1v) is 9.78. The quantitative estimate of drug-likeness (QED) is 0.692. The van der Waals surface area contributed by atoms with E-state index in [1.54, 1.807) is 0 Å². The normalized spacial score (nSPS) is 16.8. The van der Waals surface area contributed by atoms with E-state index < -0.39 is 55.7 Å². The van der Waals surface area contributed by atoms with Gasteiger partial charge in [-0.3, -0.25) is 8.37 Å². The van der Waals surface area contributed by atoms with Gasteiger partial charge in [0.25, 0.3) is 20.2 Å². The zero-order chi connectivity index (χ0) is 18.1. The topological polar surface area (TPSA) is 107 Å². The van der Waals surface area contributed by atoms with Crippen molar-refractivity contribution in [2.45, 2.75) is 18.6 Å². The van der Waals surface area contributed by atoms with Gasteiger partial charge < -0.3 is 5.11 Å². The molecule has 0 aliphatic rings. The van der Waals surface area contributed by atoms with Gasteiger partial charge in [0, 0.05) is 5.56 Å². The molecule has 1 N–H and O–H groups in total. The summed E-state index contributed by atoms with van der Waals surface area (Å²) in [5, 5.41) is 10.6. The van der Waals surface area contributed by atoms with E-state index in [9.17, 15) is 30.7 Å². The molecular formula is C12H16F2O7S2. The second-order valence-corrected chi connectivity index (χ2v) is 8.20. The summed E-state index contributed by atoms with van der Waals surface area (Å²) in [6.07, 6.45) is -0.295. The average Bonchev–Trinajstić information content (AvgIpc) is 2.36. The molecule has 0 unspecified atom stereocenters. The molecule has 0 aromatic heterocycles. The Kier molecular flexibility index (Phi) is 5.86. The van der Waals surface area contributed by atoms with Crippen molar-refractivity contribution in [3.8, 4) is 0 Å². The maximum Gasteiger partial charge on any atom is 0.264 e. The Labute approximate surface area is 133 Å². The summed E-state index contributed by atoms with van der Waals surface area (Å²) in [4.78, 5) is 0. The SMILES string of the molecule is C[C@@H](OS(C)(=O)=O)[C@](O)(COS(C)(=O)=O)c1cc(F)ccc1F. The molecule has 0 saturated carbocycles. The monoisotopic (exact) mass is 374 g/mol. The Morgan fingerprint density at radius 3 is 2.22 bits per heavy atom. The fraction of sp³-hybridized carbons (Fsp3) is 0.500. The first-order valence-electron chi connectivity index (χ1n) is 6.15. The molecule has 132 valence electrons. The van der Waals surface area contributed by atoms with Crippen LogP contribution in [0.25, 0.3) is 0 Å². The van der Waals surface area contributed by atoms with Gasteiger partial charge >= 0.3 is 0 Å². The van der Waals surface area contributed by atoms with Crippen LogP contribution in [0.5, 0.6) is 0 Å². The molecule has 2 atom stereocenters. The summed E-state index contributed by atoms with van der Waals surface area (Å²) in [5.41, 5.74) is -3.27. The van der Waals surface area contributed by atoms with Gasteiger partial charge in [-0.05, 0) is 25.1 Å². The minimum atomic E-state index is -4.07. The van der Waals surface area contributed by atoms with Crippen molar-refractivity contribution in [3.05, 3.63) is 35.4 Å².